The van der Waals surface area contributed by atoms with Crippen LogP contribution in [0.5, 0.6) is 0 Å². The van der Waals surface area contributed by atoms with E-state index in [0.717, 1.165) is 4.68 Å². The first-order valence-corrected chi connectivity index (χ1v) is 4.68. The summed E-state index contributed by atoms with van der Waals surface area (Å²) in [5, 5.41) is 3.38. The van der Waals surface area contributed by atoms with E-state index in [-0.39, 0.29) is 16.7 Å². The third kappa shape index (κ3) is 2.22. The lowest BCUT2D eigenvalue weighted by atomic mass is 10.1. The minimum atomic E-state index is -4.52. The molecule has 0 fully saturated rings. The predicted molar refractivity (Wildman–Crippen MR) is 54.3 cm³/mol. The summed E-state index contributed by atoms with van der Waals surface area (Å²) < 4.78 is 39.1. The van der Waals surface area contributed by atoms with Gasteiger partial charge in [-0.2, -0.15) is 18.3 Å². The molecule has 0 spiro atoms. The topological polar surface area (TPSA) is 50.7 Å². The quantitative estimate of drug-likeness (QED) is 0.830. The van der Waals surface area contributed by atoms with E-state index in [1.807, 2.05) is 0 Å². The van der Waals surface area contributed by atoms with Crippen molar-refractivity contribution in [2.75, 3.05) is 0 Å². The minimum Gasteiger partial charge on any atom is -0.328 e. The summed E-state index contributed by atoms with van der Waals surface area (Å²) in [4.78, 5) is 13.2. The molecule has 4 nitrogen and oxygen atoms in total. The average Bonchev–Trinajstić information content (AvgIpc) is 2.61. The number of aromatic amines is 1. The van der Waals surface area contributed by atoms with Gasteiger partial charge in [-0.15, -0.1) is 0 Å². The summed E-state index contributed by atoms with van der Waals surface area (Å²) in [6.45, 7) is 0. The van der Waals surface area contributed by atoms with Crippen LogP contribution in [0.2, 0.25) is 0 Å². The Labute approximate surface area is 93.7 Å². The molecule has 0 atom stereocenters. The van der Waals surface area contributed by atoms with Crippen LogP contribution in [-0.4, -0.2) is 14.8 Å². The van der Waals surface area contributed by atoms with Gasteiger partial charge >= 0.3 is 6.18 Å². The minimum absolute atomic E-state index is 0.0590. The SMILES string of the molecule is Cn1cc(-c2ccc(=O)[nH]c2)c(C(F)(F)F)n1. The number of nitrogens with zero attached hydrogens (tertiary/aromatic N) is 2. The van der Waals surface area contributed by atoms with Gasteiger partial charge in [-0.3, -0.25) is 9.48 Å². The van der Waals surface area contributed by atoms with Gasteiger partial charge in [0.25, 0.3) is 0 Å². The Balaban J connectivity index is 2.59. The summed E-state index contributed by atoms with van der Waals surface area (Å²) in [5.41, 5.74) is -1.13. The van der Waals surface area contributed by atoms with E-state index in [0.29, 0.717) is 0 Å². The molecule has 90 valence electrons. The van der Waals surface area contributed by atoms with Crippen LogP contribution in [0, 0.1) is 0 Å². The molecule has 2 rings (SSSR count). The largest absolute Gasteiger partial charge is 0.435 e. The monoisotopic (exact) mass is 243 g/mol. The molecule has 0 aliphatic rings. The molecule has 1 N–H and O–H groups in total. The number of aromatic nitrogens is 3. The number of hydrogen-bond acceptors (Lipinski definition) is 2. The van der Waals surface area contributed by atoms with Gasteiger partial charge in [-0.25, -0.2) is 0 Å². The molecule has 2 aromatic rings. The Kier molecular flexibility index (Phi) is 2.53. The van der Waals surface area contributed by atoms with Gasteiger partial charge in [0, 0.05) is 36.6 Å². The highest BCUT2D eigenvalue weighted by Crippen LogP contribution is 2.35. The fourth-order valence-electron chi connectivity index (χ4n) is 1.49. The van der Waals surface area contributed by atoms with Crippen molar-refractivity contribution in [1.29, 1.82) is 0 Å². The van der Waals surface area contributed by atoms with E-state index < -0.39 is 11.9 Å². The molecule has 0 aliphatic carbocycles. The number of alkyl halides is 3. The van der Waals surface area contributed by atoms with Crippen molar-refractivity contribution in [3.63, 3.8) is 0 Å². The van der Waals surface area contributed by atoms with Crippen molar-refractivity contribution in [2.45, 2.75) is 6.18 Å². The second kappa shape index (κ2) is 3.76. The molecular formula is C10H8F3N3O. The molecule has 0 aromatic carbocycles. The van der Waals surface area contributed by atoms with E-state index >= 15 is 0 Å². The molecule has 0 amide bonds. The number of nitrogens with one attached hydrogen (secondary N) is 1. The van der Waals surface area contributed by atoms with E-state index in [1.54, 1.807) is 0 Å². The van der Waals surface area contributed by atoms with Crippen LogP contribution in [0.3, 0.4) is 0 Å². The number of hydrogen-bond donors (Lipinski definition) is 1. The third-order valence-electron chi connectivity index (χ3n) is 2.19. The molecule has 2 aromatic heterocycles. The molecule has 0 bridgehead atoms. The van der Waals surface area contributed by atoms with Gasteiger partial charge in [-0.05, 0) is 6.07 Å². The summed E-state index contributed by atoms with van der Waals surface area (Å²) in [6.07, 6.45) is -2.03. The van der Waals surface area contributed by atoms with Crippen LogP contribution in [0.25, 0.3) is 11.1 Å². The van der Waals surface area contributed by atoms with Crippen LogP contribution < -0.4 is 5.56 Å². The molecule has 0 aliphatic heterocycles. The van der Waals surface area contributed by atoms with Crippen molar-refractivity contribution in [3.05, 3.63) is 40.6 Å². The van der Waals surface area contributed by atoms with E-state index in [4.69, 9.17) is 0 Å². The van der Waals surface area contributed by atoms with Gasteiger partial charge in [0.05, 0.1) is 0 Å². The van der Waals surface area contributed by atoms with E-state index in [1.165, 1.54) is 31.6 Å². The van der Waals surface area contributed by atoms with E-state index in [2.05, 4.69) is 10.1 Å². The summed E-state index contributed by atoms with van der Waals surface area (Å²) in [5.74, 6) is 0. The van der Waals surface area contributed by atoms with Crippen molar-refractivity contribution in [3.8, 4) is 11.1 Å². The Morgan fingerprint density at radius 1 is 1.35 bits per heavy atom. The standard InChI is InChI=1S/C10H8F3N3O/c1-16-5-7(9(15-16)10(11,12)13)6-2-3-8(17)14-4-6/h2-5H,1H3,(H,14,17). The molecule has 0 radical (unpaired) electrons. The molecule has 2 heterocycles. The van der Waals surface area contributed by atoms with Crippen LogP contribution in [-0.2, 0) is 13.2 Å². The Morgan fingerprint density at radius 3 is 2.59 bits per heavy atom. The smallest absolute Gasteiger partial charge is 0.328 e. The fraction of sp³-hybridized carbons (Fsp3) is 0.200. The number of rotatable bonds is 1. The first-order chi connectivity index (χ1) is 7.88. The maximum absolute atomic E-state index is 12.7. The lowest BCUT2D eigenvalue weighted by Crippen LogP contribution is -2.09. The van der Waals surface area contributed by atoms with Crippen molar-refractivity contribution >= 4 is 0 Å². The van der Waals surface area contributed by atoms with Crippen molar-refractivity contribution in [1.82, 2.24) is 14.8 Å². The van der Waals surface area contributed by atoms with Crippen molar-refractivity contribution < 1.29 is 13.2 Å². The zero-order valence-electron chi connectivity index (χ0n) is 8.75. The van der Waals surface area contributed by atoms with Gasteiger partial charge in [0.1, 0.15) is 0 Å². The van der Waals surface area contributed by atoms with Gasteiger partial charge in [0.2, 0.25) is 5.56 Å². The zero-order chi connectivity index (χ0) is 12.6. The Morgan fingerprint density at radius 2 is 2.06 bits per heavy atom. The maximum Gasteiger partial charge on any atom is 0.435 e. The average molecular weight is 243 g/mol. The second-order valence-corrected chi connectivity index (χ2v) is 3.50. The van der Waals surface area contributed by atoms with Gasteiger partial charge < -0.3 is 4.98 Å². The summed E-state index contributed by atoms with van der Waals surface area (Å²) in [7, 11) is 1.41. The van der Waals surface area contributed by atoms with Crippen LogP contribution >= 0.6 is 0 Å². The van der Waals surface area contributed by atoms with Crippen LogP contribution in [0.1, 0.15) is 5.69 Å². The first kappa shape index (κ1) is 11.4. The van der Waals surface area contributed by atoms with E-state index in [9.17, 15) is 18.0 Å². The predicted octanol–water partition coefficient (Wildman–Crippen LogP) is 1.79. The van der Waals surface area contributed by atoms with Crippen molar-refractivity contribution in [2.24, 2.45) is 7.05 Å². The van der Waals surface area contributed by atoms with Crippen LogP contribution in [0.15, 0.2) is 29.3 Å². The van der Waals surface area contributed by atoms with Gasteiger partial charge in [-0.1, -0.05) is 0 Å². The Bertz CT molecular complexity index is 577. The highest BCUT2D eigenvalue weighted by atomic mass is 19.4. The second-order valence-electron chi connectivity index (χ2n) is 3.50. The third-order valence-corrected chi connectivity index (χ3v) is 2.19. The molecule has 7 heteroatoms. The number of H-pyrrole nitrogens is 1. The molecule has 0 saturated carbocycles. The molecule has 0 saturated heterocycles. The Hall–Kier alpha value is -2.05. The number of pyridine rings is 1. The maximum atomic E-state index is 12.7. The highest BCUT2D eigenvalue weighted by Gasteiger charge is 2.37. The lowest BCUT2D eigenvalue weighted by Gasteiger charge is -2.05. The summed E-state index contributed by atoms with van der Waals surface area (Å²) in [6, 6.07) is 2.49. The zero-order valence-corrected chi connectivity index (χ0v) is 8.75. The normalized spacial score (nSPS) is 11.8. The highest BCUT2D eigenvalue weighted by molar-refractivity contribution is 5.64. The first-order valence-electron chi connectivity index (χ1n) is 4.68. The lowest BCUT2D eigenvalue weighted by molar-refractivity contribution is -0.140. The van der Waals surface area contributed by atoms with Crippen LogP contribution in [0.4, 0.5) is 13.2 Å². The number of halogens is 3. The molecule has 0 unspecified atom stereocenters. The molecular weight excluding hydrogens is 235 g/mol. The summed E-state index contributed by atoms with van der Waals surface area (Å²) >= 11 is 0. The number of aryl methyl sites for hydroxylation is 1. The van der Waals surface area contributed by atoms with Gasteiger partial charge in [0.15, 0.2) is 5.69 Å². The fourth-order valence-corrected chi connectivity index (χ4v) is 1.49. The molecule has 17 heavy (non-hydrogen) atoms.